The van der Waals surface area contributed by atoms with Gasteiger partial charge in [0.25, 0.3) is 0 Å². The molecule has 3 aromatic rings. The summed E-state index contributed by atoms with van der Waals surface area (Å²) in [5.41, 5.74) is 0.810. The lowest BCUT2D eigenvalue weighted by atomic mass is 10.2. The van der Waals surface area contributed by atoms with Gasteiger partial charge in [0.1, 0.15) is 0 Å². The Morgan fingerprint density at radius 1 is 1.04 bits per heavy atom. The van der Waals surface area contributed by atoms with Gasteiger partial charge in [-0.25, -0.2) is 8.42 Å². The molecule has 0 aliphatic rings. The highest BCUT2D eigenvalue weighted by Gasteiger charge is 2.19. The number of aromatic nitrogens is 4. The summed E-state index contributed by atoms with van der Waals surface area (Å²) in [5.74, 6) is 0.228. The van der Waals surface area contributed by atoms with Gasteiger partial charge in [-0.3, -0.25) is 0 Å². The first kappa shape index (κ1) is 16.9. The molecular weight excluding hydrogens is 371 g/mol. The van der Waals surface area contributed by atoms with E-state index in [1.54, 1.807) is 0 Å². The number of halogens is 2. The fourth-order valence-corrected chi connectivity index (χ4v) is 4.07. The standard InChI is InChI=1S/C15H12Cl2N4O2S/c16-12-6-7-13(17)14(10-12)24(22,23)9-8-21-19-15(18-20-21)11-4-2-1-3-5-11/h1-7,10H,8-9H2. The summed E-state index contributed by atoms with van der Waals surface area (Å²) in [4.78, 5) is 1.25. The first-order chi connectivity index (χ1) is 11.5. The molecule has 0 spiro atoms. The third kappa shape index (κ3) is 3.75. The van der Waals surface area contributed by atoms with Crippen LogP contribution in [0.15, 0.2) is 53.4 Å². The molecule has 0 saturated carbocycles. The summed E-state index contributed by atoms with van der Waals surface area (Å²) >= 11 is 11.8. The molecule has 0 unspecified atom stereocenters. The fourth-order valence-electron chi connectivity index (χ4n) is 2.07. The third-order valence-electron chi connectivity index (χ3n) is 3.27. The van der Waals surface area contributed by atoms with Gasteiger partial charge in [-0.1, -0.05) is 53.5 Å². The van der Waals surface area contributed by atoms with Crippen LogP contribution in [0, 0.1) is 0 Å². The minimum Gasteiger partial charge on any atom is -0.224 e. The van der Waals surface area contributed by atoms with E-state index in [4.69, 9.17) is 23.2 Å². The van der Waals surface area contributed by atoms with Crippen molar-refractivity contribution in [3.63, 3.8) is 0 Å². The number of hydrogen-bond acceptors (Lipinski definition) is 5. The first-order valence-electron chi connectivity index (χ1n) is 6.97. The van der Waals surface area contributed by atoms with Crippen molar-refractivity contribution < 1.29 is 8.42 Å². The van der Waals surface area contributed by atoms with Crippen LogP contribution in [0.4, 0.5) is 0 Å². The highest BCUT2D eigenvalue weighted by Crippen LogP contribution is 2.26. The average molecular weight is 383 g/mol. The van der Waals surface area contributed by atoms with Crippen molar-refractivity contribution in [1.82, 2.24) is 20.2 Å². The Kier molecular flexibility index (Phi) is 4.84. The summed E-state index contributed by atoms with van der Waals surface area (Å²) in [6.07, 6.45) is 0. The molecule has 0 radical (unpaired) electrons. The summed E-state index contributed by atoms with van der Waals surface area (Å²) < 4.78 is 24.8. The second kappa shape index (κ2) is 6.88. The molecule has 0 amide bonds. The number of tetrazole rings is 1. The van der Waals surface area contributed by atoms with Gasteiger partial charge in [0.05, 0.1) is 22.2 Å². The Morgan fingerprint density at radius 3 is 2.54 bits per heavy atom. The molecule has 6 nitrogen and oxygen atoms in total. The van der Waals surface area contributed by atoms with E-state index in [0.29, 0.717) is 10.8 Å². The van der Waals surface area contributed by atoms with Crippen molar-refractivity contribution in [2.75, 3.05) is 5.75 Å². The van der Waals surface area contributed by atoms with Crippen LogP contribution in [0.2, 0.25) is 10.0 Å². The Balaban J connectivity index is 1.76. The van der Waals surface area contributed by atoms with Gasteiger partial charge in [0.2, 0.25) is 5.82 Å². The molecule has 2 aromatic carbocycles. The summed E-state index contributed by atoms with van der Waals surface area (Å²) in [6, 6.07) is 13.6. The van der Waals surface area contributed by atoms with Crippen LogP contribution in [-0.2, 0) is 16.4 Å². The summed E-state index contributed by atoms with van der Waals surface area (Å²) in [5, 5.41) is 12.4. The number of nitrogens with zero attached hydrogens (tertiary/aromatic N) is 4. The van der Waals surface area contributed by atoms with Crippen LogP contribution in [0.5, 0.6) is 0 Å². The Bertz CT molecular complexity index is 959. The SMILES string of the molecule is O=S(=O)(CCn1nnc(-c2ccccc2)n1)c1cc(Cl)ccc1Cl. The van der Waals surface area contributed by atoms with Crippen molar-refractivity contribution in [3.8, 4) is 11.4 Å². The predicted octanol–water partition coefficient (Wildman–Crippen LogP) is 3.12. The molecule has 0 N–H and O–H groups in total. The second-order valence-corrected chi connectivity index (χ2v) is 7.89. The lowest BCUT2D eigenvalue weighted by molar-refractivity contribution is 0.538. The number of benzene rings is 2. The smallest absolute Gasteiger partial charge is 0.204 e. The van der Waals surface area contributed by atoms with E-state index in [9.17, 15) is 8.42 Å². The van der Waals surface area contributed by atoms with E-state index in [1.807, 2.05) is 30.3 Å². The zero-order chi connectivity index (χ0) is 17.2. The number of aryl methyl sites for hydroxylation is 1. The van der Waals surface area contributed by atoms with Crippen molar-refractivity contribution in [3.05, 3.63) is 58.6 Å². The highest BCUT2D eigenvalue weighted by atomic mass is 35.5. The molecular formula is C15H12Cl2N4O2S. The largest absolute Gasteiger partial charge is 0.224 e. The topological polar surface area (TPSA) is 77.7 Å². The number of rotatable bonds is 5. The quantitative estimate of drug-likeness (QED) is 0.677. The number of sulfone groups is 1. The van der Waals surface area contributed by atoms with E-state index in [1.165, 1.54) is 23.0 Å². The lowest BCUT2D eigenvalue weighted by Gasteiger charge is -2.06. The third-order valence-corrected chi connectivity index (χ3v) is 5.68. The predicted molar refractivity (Wildman–Crippen MR) is 91.8 cm³/mol. The Hall–Kier alpha value is -1.96. The molecule has 9 heteroatoms. The van der Waals surface area contributed by atoms with E-state index >= 15 is 0 Å². The monoisotopic (exact) mass is 382 g/mol. The molecule has 124 valence electrons. The van der Waals surface area contributed by atoms with E-state index < -0.39 is 9.84 Å². The molecule has 1 aromatic heterocycles. The van der Waals surface area contributed by atoms with Gasteiger partial charge in [-0.15, -0.1) is 10.2 Å². The second-order valence-electron chi connectivity index (χ2n) is 4.97. The van der Waals surface area contributed by atoms with Gasteiger partial charge >= 0.3 is 0 Å². The lowest BCUT2D eigenvalue weighted by Crippen LogP contribution is -2.15. The Labute approximate surface area is 148 Å². The minimum atomic E-state index is -3.61. The van der Waals surface area contributed by atoms with E-state index in [-0.39, 0.29) is 22.2 Å². The molecule has 3 rings (SSSR count). The van der Waals surface area contributed by atoms with Gasteiger partial charge in [0.15, 0.2) is 9.84 Å². The van der Waals surface area contributed by atoms with Crippen LogP contribution in [0.3, 0.4) is 0 Å². The molecule has 24 heavy (non-hydrogen) atoms. The first-order valence-corrected chi connectivity index (χ1v) is 9.37. The van der Waals surface area contributed by atoms with E-state index in [0.717, 1.165) is 5.56 Å². The van der Waals surface area contributed by atoms with Crippen LogP contribution in [-0.4, -0.2) is 34.4 Å². The van der Waals surface area contributed by atoms with Gasteiger partial charge < -0.3 is 0 Å². The van der Waals surface area contributed by atoms with Crippen LogP contribution < -0.4 is 0 Å². The maximum absolute atomic E-state index is 12.4. The zero-order valence-electron chi connectivity index (χ0n) is 12.3. The Morgan fingerprint density at radius 2 is 1.79 bits per heavy atom. The molecule has 0 saturated heterocycles. The van der Waals surface area contributed by atoms with Crippen molar-refractivity contribution >= 4 is 33.0 Å². The average Bonchev–Trinajstić information content (AvgIpc) is 3.05. The van der Waals surface area contributed by atoms with Crippen molar-refractivity contribution in [2.24, 2.45) is 0 Å². The van der Waals surface area contributed by atoms with E-state index in [2.05, 4.69) is 15.4 Å². The summed E-state index contributed by atoms with van der Waals surface area (Å²) in [6.45, 7) is 0.0605. The molecule has 0 aliphatic carbocycles. The normalized spacial score (nSPS) is 11.6. The molecule has 0 fully saturated rings. The van der Waals surface area contributed by atoms with Gasteiger partial charge in [0, 0.05) is 10.6 Å². The highest BCUT2D eigenvalue weighted by molar-refractivity contribution is 7.91. The van der Waals surface area contributed by atoms with Gasteiger partial charge in [-0.05, 0) is 23.4 Å². The van der Waals surface area contributed by atoms with Crippen molar-refractivity contribution in [2.45, 2.75) is 11.4 Å². The van der Waals surface area contributed by atoms with Crippen LogP contribution >= 0.6 is 23.2 Å². The molecule has 0 bridgehead atoms. The van der Waals surface area contributed by atoms with Crippen LogP contribution in [0.25, 0.3) is 11.4 Å². The van der Waals surface area contributed by atoms with Gasteiger partial charge in [-0.2, -0.15) is 4.80 Å². The molecule has 0 atom stereocenters. The fraction of sp³-hybridized carbons (Fsp3) is 0.133. The molecule has 0 aliphatic heterocycles. The maximum atomic E-state index is 12.4. The zero-order valence-corrected chi connectivity index (χ0v) is 14.6. The number of hydrogen-bond donors (Lipinski definition) is 0. The summed E-state index contributed by atoms with van der Waals surface area (Å²) in [7, 11) is -3.61. The van der Waals surface area contributed by atoms with Crippen molar-refractivity contribution in [1.29, 1.82) is 0 Å². The van der Waals surface area contributed by atoms with Crippen LogP contribution in [0.1, 0.15) is 0 Å². The maximum Gasteiger partial charge on any atom is 0.204 e. The molecule has 1 heterocycles. The minimum absolute atomic E-state index is 0.0000600.